The highest BCUT2D eigenvalue weighted by Crippen LogP contribution is 2.30. The number of esters is 1. The van der Waals surface area contributed by atoms with Crippen LogP contribution < -0.4 is 16.6 Å². The van der Waals surface area contributed by atoms with Gasteiger partial charge in [0.25, 0.3) is 5.56 Å². The lowest BCUT2D eigenvalue weighted by Gasteiger charge is -2.19. The molecule has 0 spiro atoms. The van der Waals surface area contributed by atoms with Gasteiger partial charge in [-0.2, -0.15) is 0 Å². The first-order chi connectivity index (χ1) is 16.3. The van der Waals surface area contributed by atoms with Gasteiger partial charge < -0.3 is 19.5 Å². The molecule has 13 nitrogen and oxygen atoms in total. The summed E-state index contributed by atoms with van der Waals surface area (Å²) in [4.78, 5) is 53.2. The Bertz CT molecular complexity index is 1190. The number of carbonyl (C=O) groups is 2. The minimum atomic E-state index is -0.979. The van der Waals surface area contributed by atoms with Crippen LogP contribution in [0.3, 0.4) is 0 Å². The SMILES string of the molecule is COC(=O)[C@@H](Cc1ccccc1)NC(=O)OC[C@H]1O[C@@H](n2cc(C)c(=O)[nH]c2=O)C[C@@H]1N=[N+]=[N-]. The highest BCUT2D eigenvalue weighted by Gasteiger charge is 2.37. The highest BCUT2D eigenvalue weighted by molar-refractivity contribution is 5.81. The van der Waals surface area contributed by atoms with E-state index in [1.165, 1.54) is 24.8 Å². The van der Waals surface area contributed by atoms with Gasteiger partial charge in [0.05, 0.1) is 13.2 Å². The molecular formula is C21H24N6O7. The van der Waals surface area contributed by atoms with E-state index < -0.39 is 47.7 Å². The molecule has 0 radical (unpaired) electrons. The Morgan fingerprint density at radius 1 is 1.35 bits per heavy atom. The fourth-order valence-electron chi connectivity index (χ4n) is 3.55. The van der Waals surface area contributed by atoms with Crippen LogP contribution in [-0.4, -0.2) is 53.5 Å². The number of H-pyrrole nitrogens is 1. The Balaban J connectivity index is 1.65. The molecule has 1 fully saturated rings. The monoisotopic (exact) mass is 472 g/mol. The number of azide groups is 1. The molecule has 0 bridgehead atoms. The number of hydrogen-bond acceptors (Lipinski definition) is 8. The van der Waals surface area contributed by atoms with Crippen molar-refractivity contribution in [1.29, 1.82) is 0 Å². The van der Waals surface area contributed by atoms with Crippen LogP contribution in [0.1, 0.15) is 23.8 Å². The predicted octanol–water partition coefficient (Wildman–Crippen LogP) is 1.32. The van der Waals surface area contributed by atoms with E-state index in [9.17, 15) is 19.2 Å². The molecule has 2 aromatic rings. The second-order valence-electron chi connectivity index (χ2n) is 7.62. The molecule has 1 amide bonds. The number of methoxy groups -OCH3 is 1. The molecule has 0 unspecified atom stereocenters. The lowest BCUT2D eigenvalue weighted by molar-refractivity contribution is -0.143. The molecule has 4 atom stereocenters. The molecule has 0 aliphatic carbocycles. The van der Waals surface area contributed by atoms with Crippen molar-refractivity contribution < 1.29 is 23.8 Å². The quantitative estimate of drug-likeness (QED) is 0.252. The van der Waals surface area contributed by atoms with Crippen LogP contribution in [0.2, 0.25) is 0 Å². The third kappa shape index (κ3) is 6.03. The Hall–Kier alpha value is -4.09. The van der Waals surface area contributed by atoms with Gasteiger partial charge in [-0.25, -0.2) is 14.4 Å². The van der Waals surface area contributed by atoms with Crippen molar-refractivity contribution in [3.8, 4) is 0 Å². The van der Waals surface area contributed by atoms with E-state index >= 15 is 0 Å². The zero-order valence-electron chi connectivity index (χ0n) is 18.5. The number of hydrogen-bond donors (Lipinski definition) is 2. The number of benzene rings is 1. The number of rotatable bonds is 8. The Morgan fingerprint density at radius 3 is 2.76 bits per heavy atom. The molecule has 1 aliphatic heterocycles. The zero-order valence-corrected chi connectivity index (χ0v) is 18.5. The van der Waals surface area contributed by atoms with Crippen LogP contribution in [0.4, 0.5) is 4.79 Å². The maximum Gasteiger partial charge on any atom is 0.407 e. The fraction of sp³-hybridized carbons (Fsp3) is 0.429. The van der Waals surface area contributed by atoms with Gasteiger partial charge in [0, 0.05) is 29.5 Å². The molecule has 1 aromatic carbocycles. The lowest BCUT2D eigenvalue weighted by Crippen LogP contribution is -2.44. The second kappa shape index (κ2) is 11.2. The summed E-state index contributed by atoms with van der Waals surface area (Å²) in [6.45, 7) is 1.23. The number of alkyl carbamates (subject to hydrolysis) is 1. The third-order valence-corrected chi connectivity index (χ3v) is 5.30. The first kappa shape index (κ1) is 24.6. The molecule has 180 valence electrons. The predicted molar refractivity (Wildman–Crippen MR) is 118 cm³/mol. The van der Waals surface area contributed by atoms with Crippen molar-refractivity contribution in [2.24, 2.45) is 5.11 Å². The summed E-state index contributed by atoms with van der Waals surface area (Å²) >= 11 is 0. The van der Waals surface area contributed by atoms with Gasteiger partial charge in [-0.15, -0.1) is 0 Å². The lowest BCUT2D eigenvalue weighted by atomic mass is 10.1. The van der Waals surface area contributed by atoms with E-state index in [2.05, 4.69) is 20.3 Å². The Morgan fingerprint density at radius 2 is 2.09 bits per heavy atom. The molecule has 0 saturated carbocycles. The van der Waals surface area contributed by atoms with Crippen molar-refractivity contribution in [3.05, 3.63) is 78.9 Å². The van der Waals surface area contributed by atoms with Crippen LogP contribution in [-0.2, 0) is 25.4 Å². The van der Waals surface area contributed by atoms with Crippen molar-refractivity contribution in [3.63, 3.8) is 0 Å². The van der Waals surface area contributed by atoms with Crippen LogP contribution >= 0.6 is 0 Å². The summed E-state index contributed by atoms with van der Waals surface area (Å²) in [6.07, 6.45) is -0.910. The van der Waals surface area contributed by atoms with Gasteiger partial charge in [0.1, 0.15) is 25.0 Å². The summed E-state index contributed by atoms with van der Waals surface area (Å²) < 4.78 is 16.9. The molecule has 2 heterocycles. The largest absolute Gasteiger partial charge is 0.467 e. The highest BCUT2D eigenvalue weighted by atomic mass is 16.6. The molecule has 3 rings (SSSR count). The molecule has 13 heteroatoms. The first-order valence-electron chi connectivity index (χ1n) is 10.4. The average molecular weight is 472 g/mol. The second-order valence-corrected chi connectivity index (χ2v) is 7.62. The molecular weight excluding hydrogens is 448 g/mol. The number of carbonyl (C=O) groups excluding carboxylic acids is 2. The number of nitrogens with zero attached hydrogens (tertiary/aromatic N) is 4. The van der Waals surface area contributed by atoms with E-state index in [0.29, 0.717) is 5.56 Å². The maximum absolute atomic E-state index is 12.4. The summed E-state index contributed by atoms with van der Waals surface area (Å²) in [6, 6.07) is 7.34. The normalized spacial score (nSPS) is 20.1. The molecule has 1 saturated heterocycles. The minimum absolute atomic E-state index is 0.129. The minimum Gasteiger partial charge on any atom is -0.467 e. The van der Waals surface area contributed by atoms with Gasteiger partial charge in [-0.05, 0) is 18.0 Å². The standard InChI is InChI=1S/C21H24N6O7/c1-12-10-27(20(30)24-18(12)28)17-9-14(25-26-22)16(34-17)11-33-21(31)23-15(19(29)32-2)8-13-6-4-3-5-7-13/h3-7,10,14-17H,8-9,11H2,1-2H3,(H,23,31)(H,24,28,30)/t14-,15+,16+,17+/m0/s1. The number of aromatic amines is 1. The summed E-state index contributed by atoms with van der Waals surface area (Å²) in [5.74, 6) is -0.641. The maximum atomic E-state index is 12.4. The number of ether oxygens (including phenoxy) is 3. The van der Waals surface area contributed by atoms with Gasteiger partial charge >= 0.3 is 17.8 Å². The average Bonchev–Trinajstić information content (AvgIpc) is 3.22. The molecule has 2 N–H and O–H groups in total. The molecule has 34 heavy (non-hydrogen) atoms. The van der Waals surface area contributed by atoms with E-state index in [1.807, 2.05) is 6.07 Å². The van der Waals surface area contributed by atoms with Crippen LogP contribution in [0.15, 0.2) is 51.2 Å². The fourth-order valence-corrected chi connectivity index (χ4v) is 3.55. The first-order valence-corrected chi connectivity index (χ1v) is 10.4. The van der Waals surface area contributed by atoms with Crippen LogP contribution in [0.25, 0.3) is 10.4 Å². The van der Waals surface area contributed by atoms with Gasteiger partial charge in [-0.3, -0.25) is 14.3 Å². The van der Waals surface area contributed by atoms with Gasteiger partial charge in [0.15, 0.2) is 0 Å². The summed E-state index contributed by atoms with van der Waals surface area (Å²) in [5, 5.41) is 6.13. The molecule has 1 aliphatic rings. The van der Waals surface area contributed by atoms with Crippen molar-refractivity contribution in [2.45, 2.75) is 44.2 Å². The molecule has 1 aromatic heterocycles. The van der Waals surface area contributed by atoms with E-state index in [0.717, 1.165) is 5.56 Å². The van der Waals surface area contributed by atoms with Crippen molar-refractivity contribution in [1.82, 2.24) is 14.9 Å². The zero-order chi connectivity index (χ0) is 24.7. The van der Waals surface area contributed by atoms with E-state index in [1.54, 1.807) is 24.3 Å². The smallest absolute Gasteiger partial charge is 0.407 e. The Kier molecular flexibility index (Phi) is 8.06. The summed E-state index contributed by atoms with van der Waals surface area (Å²) in [5.41, 5.74) is 8.79. The topological polar surface area (TPSA) is 177 Å². The number of aromatic nitrogens is 2. The number of nitrogens with one attached hydrogen (secondary N) is 2. The van der Waals surface area contributed by atoms with Crippen molar-refractivity contribution in [2.75, 3.05) is 13.7 Å². The summed E-state index contributed by atoms with van der Waals surface area (Å²) in [7, 11) is 1.21. The van der Waals surface area contributed by atoms with Crippen LogP contribution in [0, 0.1) is 6.92 Å². The van der Waals surface area contributed by atoms with Crippen LogP contribution in [0.5, 0.6) is 0 Å². The number of aryl methyl sites for hydroxylation is 1. The van der Waals surface area contributed by atoms with E-state index in [-0.39, 0.29) is 19.4 Å². The van der Waals surface area contributed by atoms with Gasteiger partial charge in [0.2, 0.25) is 0 Å². The third-order valence-electron chi connectivity index (χ3n) is 5.30. The van der Waals surface area contributed by atoms with Crippen molar-refractivity contribution >= 4 is 12.1 Å². The van der Waals surface area contributed by atoms with E-state index in [4.69, 9.17) is 19.7 Å². The Labute approximate surface area is 193 Å². The van der Waals surface area contributed by atoms with Gasteiger partial charge in [-0.1, -0.05) is 35.4 Å². The number of amides is 1.